The van der Waals surface area contributed by atoms with Crippen LogP contribution in [0.4, 0.5) is 0 Å². The van der Waals surface area contributed by atoms with E-state index in [1.807, 2.05) is 24.3 Å². The molecule has 1 aliphatic carbocycles. The molecule has 3 rings (SSSR count). The summed E-state index contributed by atoms with van der Waals surface area (Å²) in [6, 6.07) is 9.73. The first kappa shape index (κ1) is 14.0. The fraction of sp³-hybridized carbons (Fsp3) is 0.250. The first-order valence-electron chi connectivity index (χ1n) is 6.60. The minimum atomic E-state index is -0.120. The van der Waals surface area contributed by atoms with Crippen molar-refractivity contribution in [2.24, 2.45) is 0 Å². The first-order valence-corrected chi connectivity index (χ1v) is 8.18. The molecule has 102 valence electrons. The van der Waals surface area contributed by atoms with Crippen LogP contribution in [0.1, 0.15) is 40.4 Å². The Balaban J connectivity index is 2.02. The van der Waals surface area contributed by atoms with Crippen LogP contribution in [0.5, 0.6) is 0 Å². The summed E-state index contributed by atoms with van der Waals surface area (Å²) >= 11 is 6.91. The number of aromatic nitrogens is 1. The minimum Gasteiger partial charge on any atom is -0.293 e. The molecule has 0 saturated carbocycles. The molecule has 0 fully saturated rings. The maximum atomic E-state index is 12.8. The lowest BCUT2D eigenvalue weighted by molar-refractivity contribution is 0.0948. The van der Waals surface area contributed by atoms with Gasteiger partial charge in [-0.25, -0.2) is 0 Å². The van der Waals surface area contributed by atoms with Gasteiger partial charge in [0.25, 0.3) is 0 Å². The van der Waals surface area contributed by atoms with Gasteiger partial charge in [0.05, 0.1) is 11.6 Å². The Morgan fingerprint density at radius 2 is 2.10 bits per heavy atom. The van der Waals surface area contributed by atoms with Crippen molar-refractivity contribution in [2.45, 2.75) is 25.2 Å². The lowest BCUT2D eigenvalue weighted by atomic mass is 9.82. The van der Waals surface area contributed by atoms with Gasteiger partial charge in [0.2, 0.25) is 0 Å². The van der Waals surface area contributed by atoms with Crippen molar-refractivity contribution in [3.05, 3.63) is 62.3 Å². The number of carbonyl (C=O) groups is 1. The van der Waals surface area contributed by atoms with Gasteiger partial charge in [-0.2, -0.15) is 0 Å². The van der Waals surface area contributed by atoms with E-state index >= 15 is 0 Å². The second kappa shape index (κ2) is 5.78. The Labute approximate surface area is 134 Å². The average Bonchev–Trinajstić information content (AvgIpc) is 2.48. The Bertz CT molecular complexity index is 669. The maximum Gasteiger partial charge on any atom is 0.173 e. The monoisotopic (exact) mass is 393 g/mol. The minimum absolute atomic E-state index is 0.120. The van der Waals surface area contributed by atoms with Gasteiger partial charge in [0.1, 0.15) is 0 Å². The number of ketones is 1. The molecule has 0 saturated heterocycles. The van der Waals surface area contributed by atoms with Crippen LogP contribution < -0.4 is 0 Å². The average molecular weight is 395 g/mol. The van der Waals surface area contributed by atoms with Crippen molar-refractivity contribution < 1.29 is 4.79 Å². The number of hydrogen-bond acceptors (Lipinski definition) is 2. The summed E-state index contributed by atoms with van der Waals surface area (Å²) in [6.45, 7) is 0. The third-order valence-electron chi connectivity index (χ3n) is 3.71. The van der Waals surface area contributed by atoms with Crippen LogP contribution in [-0.4, -0.2) is 10.8 Å². The molecule has 0 radical (unpaired) electrons. The maximum absolute atomic E-state index is 12.8. The fourth-order valence-corrected chi connectivity index (χ4v) is 3.54. The second-order valence-corrected chi connectivity index (χ2v) is 6.75. The van der Waals surface area contributed by atoms with E-state index in [4.69, 9.17) is 0 Å². The Morgan fingerprint density at radius 3 is 2.95 bits per heavy atom. The molecule has 1 unspecified atom stereocenters. The van der Waals surface area contributed by atoms with E-state index in [1.165, 1.54) is 5.56 Å². The zero-order valence-electron chi connectivity index (χ0n) is 10.8. The van der Waals surface area contributed by atoms with Gasteiger partial charge < -0.3 is 0 Å². The number of hydrogen-bond donors (Lipinski definition) is 0. The highest BCUT2D eigenvalue weighted by Crippen LogP contribution is 2.34. The predicted octanol–water partition coefficient (Wildman–Crippen LogP) is 4.91. The molecule has 1 aliphatic rings. The Hall–Kier alpha value is -1.00. The summed E-state index contributed by atoms with van der Waals surface area (Å²) in [5.41, 5.74) is 2.89. The second-order valence-electron chi connectivity index (χ2n) is 4.98. The molecule has 0 aliphatic heterocycles. The summed E-state index contributed by atoms with van der Waals surface area (Å²) in [6.07, 6.45) is 4.72. The molecule has 0 spiro atoms. The summed E-state index contributed by atoms with van der Waals surface area (Å²) in [7, 11) is 0. The predicted molar refractivity (Wildman–Crippen MR) is 86.1 cm³/mol. The summed E-state index contributed by atoms with van der Waals surface area (Å²) < 4.78 is 1.76. The molecule has 20 heavy (non-hydrogen) atoms. The third-order valence-corrected chi connectivity index (χ3v) is 4.89. The van der Waals surface area contributed by atoms with Crippen molar-refractivity contribution in [2.75, 3.05) is 0 Å². The number of nitrogens with zero attached hydrogens (tertiary/aromatic N) is 1. The Morgan fingerprint density at radius 1 is 1.25 bits per heavy atom. The number of rotatable bonds is 2. The number of halogens is 2. The van der Waals surface area contributed by atoms with E-state index in [2.05, 4.69) is 42.9 Å². The van der Waals surface area contributed by atoms with E-state index in [9.17, 15) is 4.79 Å². The zero-order chi connectivity index (χ0) is 14.1. The van der Waals surface area contributed by atoms with Gasteiger partial charge in [0.15, 0.2) is 5.78 Å². The molecular formula is C16H13Br2NO. The number of benzene rings is 1. The molecular weight excluding hydrogens is 382 g/mol. The molecule has 1 aromatic heterocycles. The summed E-state index contributed by atoms with van der Waals surface area (Å²) in [5.74, 6) is 0.0309. The molecule has 1 aromatic carbocycles. The van der Waals surface area contributed by atoms with Crippen LogP contribution in [0.15, 0.2) is 45.5 Å². The molecule has 0 amide bonds. The van der Waals surface area contributed by atoms with E-state index in [-0.39, 0.29) is 11.7 Å². The molecule has 0 bridgehead atoms. The van der Waals surface area contributed by atoms with Crippen molar-refractivity contribution >= 4 is 37.6 Å². The van der Waals surface area contributed by atoms with Crippen LogP contribution in [-0.2, 0) is 6.42 Å². The van der Waals surface area contributed by atoms with Crippen molar-refractivity contribution in [1.29, 1.82) is 0 Å². The number of pyridine rings is 1. The molecule has 4 heteroatoms. The lowest BCUT2D eigenvalue weighted by Gasteiger charge is -2.23. The van der Waals surface area contributed by atoms with Gasteiger partial charge >= 0.3 is 0 Å². The van der Waals surface area contributed by atoms with Crippen LogP contribution in [0.25, 0.3) is 0 Å². The SMILES string of the molecule is O=C(c1cc(Br)ccc1Br)C1CCCc2cccnc21. The molecule has 2 aromatic rings. The number of fused-ring (bicyclic) bond motifs is 1. The highest BCUT2D eigenvalue weighted by Gasteiger charge is 2.29. The van der Waals surface area contributed by atoms with Crippen molar-refractivity contribution in [3.8, 4) is 0 Å². The van der Waals surface area contributed by atoms with E-state index in [0.29, 0.717) is 0 Å². The zero-order valence-corrected chi connectivity index (χ0v) is 13.9. The highest BCUT2D eigenvalue weighted by atomic mass is 79.9. The van der Waals surface area contributed by atoms with E-state index in [1.54, 1.807) is 6.20 Å². The fourth-order valence-electron chi connectivity index (χ4n) is 2.74. The molecule has 1 atom stereocenters. The number of Topliss-reactive ketones (excluding diaryl/α,β-unsaturated/α-hetero) is 1. The van der Waals surface area contributed by atoms with Crippen LogP contribution in [0, 0.1) is 0 Å². The van der Waals surface area contributed by atoms with E-state index < -0.39 is 0 Å². The number of aryl methyl sites for hydroxylation is 1. The molecule has 1 heterocycles. The van der Waals surface area contributed by atoms with Gasteiger partial charge in [-0.3, -0.25) is 9.78 Å². The summed E-state index contributed by atoms with van der Waals surface area (Å²) in [5, 5.41) is 0. The van der Waals surface area contributed by atoms with Crippen LogP contribution >= 0.6 is 31.9 Å². The van der Waals surface area contributed by atoms with Crippen molar-refractivity contribution in [3.63, 3.8) is 0 Å². The van der Waals surface area contributed by atoms with Gasteiger partial charge in [-0.05, 0) is 49.1 Å². The Kier molecular flexibility index (Phi) is 4.03. The lowest BCUT2D eigenvalue weighted by Crippen LogP contribution is -2.20. The summed E-state index contributed by atoms with van der Waals surface area (Å²) in [4.78, 5) is 17.3. The van der Waals surface area contributed by atoms with Gasteiger partial charge in [-0.1, -0.05) is 37.9 Å². The van der Waals surface area contributed by atoms with Crippen LogP contribution in [0.3, 0.4) is 0 Å². The van der Waals surface area contributed by atoms with Crippen LogP contribution in [0.2, 0.25) is 0 Å². The number of carbonyl (C=O) groups excluding carboxylic acids is 1. The van der Waals surface area contributed by atoms with Gasteiger partial charge in [-0.15, -0.1) is 0 Å². The topological polar surface area (TPSA) is 30.0 Å². The molecule has 0 N–H and O–H groups in total. The van der Waals surface area contributed by atoms with Crippen molar-refractivity contribution in [1.82, 2.24) is 4.98 Å². The van der Waals surface area contributed by atoms with E-state index in [0.717, 1.165) is 39.5 Å². The highest BCUT2D eigenvalue weighted by molar-refractivity contribution is 9.11. The smallest absolute Gasteiger partial charge is 0.173 e. The first-order chi connectivity index (χ1) is 9.66. The standard InChI is InChI=1S/C16H13Br2NO/c17-11-6-7-14(18)13(9-11)16(20)12-5-1-3-10-4-2-8-19-15(10)12/h2,4,6-9,12H,1,3,5H2. The quantitative estimate of drug-likeness (QED) is 0.677. The molecule has 2 nitrogen and oxygen atoms in total. The van der Waals surface area contributed by atoms with Gasteiger partial charge in [0, 0.05) is 20.7 Å². The largest absolute Gasteiger partial charge is 0.293 e. The third kappa shape index (κ3) is 2.59. The normalized spacial score (nSPS) is 17.6.